The van der Waals surface area contributed by atoms with Gasteiger partial charge in [-0.15, -0.1) is 0 Å². The minimum Gasteiger partial charge on any atom is -0.457 e. The fourth-order valence-electron chi connectivity index (χ4n) is 12.2. The zero-order valence-corrected chi connectivity index (χ0v) is 50.9. The second kappa shape index (κ2) is 29.6. The zero-order valence-electron chi connectivity index (χ0n) is 50.1. The van der Waals surface area contributed by atoms with Gasteiger partial charge in [0.2, 0.25) is 0 Å². The van der Waals surface area contributed by atoms with Crippen LogP contribution >= 0.6 is 11.6 Å². The monoisotopic (exact) mass is 1290 g/mol. The molecule has 92 heavy (non-hydrogen) atoms. The van der Waals surface area contributed by atoms with E-state index in [1.165, 1.54) is 75.9 Å². The molecule has 25 nitrogen and oxygen atoms in total. The van der Waals surface area contributed by atoms with Gasteiger partial charge in [-0.3, -0.25) is 20.2 Å². The number of carbonyl (C=O) groups excluding carboxylic acids is 6. The van der Waals surface area contributed by atoms with Crippen LogP contribution in [0.1, 0.15) is 0 Å². The van der Waals surface area contributed by atoms with Crippen molar-refractivity contribution in [1.29, 1.82) is 0 Å². The van der Waals surface area contributed by atoms with Crippen LogP contribution in [0.2, 0.25) is 0 Å². The molecule has 6 N–H and O–H groups in total. The molecule has 0 aliphatic carbocycles. The quantitative estimate of drug-likeness (QED) is 0.0311. The Morgan fingerprint density at radius 1 is 0.446 bits per heavy atom. The largest absolute Gasteiger partial charge is 0.457 e. The van der Waals surface area contributed by atoms with Crippen LogP contribution < -0.4 is 27.0 Å². The number of nitro groups is 2. The fraction of sp³-hybridized carbons (Fsp3) is 0.333. The number of carbonyl (C=O) groups is 6. The maximum Gasteiger partial charge on any atom is 0.409 e. The number of nitro benzene ring substituents is 2. The molecule has 6 aliphatic heterocycles. The molecule has 6 atom stereocenters. The molecule has 6 saturated heterocycles. The number of benzene rings is 6. The third-order valence-electron chi connectivity index (χ3n) is 16.9. The number of nitrogens with zero attached hydrogens (tertiary/aromatic N) is 7. The van der Waals surface area contributed by atoms with Gasteiger partial charge in [0.25, 0.3) is 11.4 Å². The molecule has 0 spiro atoms. The summed E-state index contributed by atoms with van der Waals surface area (Å²) in [6.07, 6.45) is -0.695. The number of amides is 8. The number of anilines is 4. The average molecular weight is 1290 g/mol. The first-order valence-corrected chi connectivity index (χ1v) is 29.5. The van der Waals surface area contributed by atoms with E-state index in [0.29, 0.717) is 111 Å². The van der Waals surface area contributed by atoms with E-state index < -0.39 is 21.3 Å². The summed E-state index contributed by atoms with van der Waals surface area (Å²) < 4.78 is 52.9. The maximum atomic E-state index is 13.2. The van der Waals surface area contributed by atoms with E-state index >= 15 is 0 Å². The van der Waals surface area contributed by atoms with Gasteiger partial charge in [-0.25, -0.2) is 41.9 Å². The standard InChI is InChI=1S/C21H21FN4O5.C21H23FN4O3.C19H19FN4O3.C2H3ClO2/c1-31-21(28)25-11-15-9-24(10-16(15)12-25)20(27)23-18-8-14(4-7-19(18)26(29)30)13-2-5-17(22)6-3-13;1-29-21(28)26-11-15-9-25(10-16(15)12-26)20(27)24-19-8-14(4-7-18(19)23)13-2-5-17(22)6-3-13;20-16-4-1-12(2-5-16)13-3-6-18(24(26)27)17(7-13)22-19(25)23-10-14-8-21-9-15(14)11-23;1-5-2(3)4/h2-8,15-16H,9-12H2,1H3,(H,23,27);2-8,15-16H,9-12,23H2,1H3,(H,24,27);1-7,14-15,21H,8-11H2,(H,22,25);1H3. The van der Waals surface area contributed by atoms with Crippen molar-refractivity contribution >= 4 is 81.4 Å². The molecule has 6 aromatic rings. The Balaban J connectivity index is 0.000000157. The molecule has 8 amide bonds. The number of halogens is 4. The predicted molar refractivity (Wildman–Crippen MR) is 335 cm³/mol. The van der Waals surface area contributed by atoms with E-state index in [1.807, 2.05) is 6.07 Å². The van der Waals surface area contributed by atoms with Gasteiger partial charge in [-0.1, -0.05) is 42.5 Å². The van der Waals surface area contributed by atoms with E-state index in [-0.39, 0.29) is 88.1 Å². The number of likely N-dealkylation sites (tertiary alicyclic amines) is 5. The highest BCUT2D eigenvalue weighted by atomic mass is 35.5. The Labute approximate surface area is 530 Å². The lowest BCUT2D eigenvalue weighted by molar-refractivity contribution is -0.384. The predicted octanol–water partition coefficient (Wildman–Crippen LogP) is 10.9. The second-order valence-electron chi connectivity index (χ2n) is 22.7. The fourth-order valence-corrected chi connectivity index (χ4v) is 12.2. The molecular weight excluding hydrogens is 1230 g/mol. The number of methoxy groups -OCH3 is 3. The minimum atomic E-state index is -0.773. The number of nitrogens with one attached hydrogen (secondary N) is 4. The number of hydrogen-bond acceptors (Lipinski definition) is 15. The first kappa shape index (κ1) is 66.2. The highest BCUT2D eigenvalue weighted by molar-refractivity contribution is 6.61. The molecule has 0 radical (unpaired) electrons. The van der Waals surface area contributed by atoms with E-state index in [1.54, 1.807) is 91.2 Å². The van der Waals surface area contributed by atoms with Crippen molar-refractivity contribution in [2.45, 2.75) is 0 Å². The normalized spacial score (nSPS) is 19.7. The summed E-state index contributed by atoms with van der Waals surface area (Å²) in [5, 5.41) is 34.4. The average Bonchev–Trinajstić information content (AvgIpc) is 1.39. The van der Waals surface area contributed by atoms with Gasteiger partial charge in [-0.05, 0) is 118 Å². The molecule has 0 bridgehead atoms. The topological polar surface area (TPSA) is 307 Å². The third-order valence-corrected chi connectivity index (χ3v) is 17.1. The summed E-state index contributed by atoms with van der Waals surface area (Å²) in [6, 6.07) is 31.0. The highest BCUT2D eigenvalue weighted by Gasteiger charge is 2.45. The molecule has 12 rings (SSSR count). The van der Waals surface area contributed by atoms with Crippen LogP contribution in [0.4, 0.5) is 76.1 Å². The van der Waals surface area contributed by atoms with Gasteiger partial charge in [0.05, 0.1) is 42.6 Å². The Morgan fingerprint density at radius 3 is 1.02 bits per heavy atom. The van der Waals surface area contributed by atoms with Gasteiger partial charge in [0.1, 0.15) is 28.8 Å². The van der Waals surface area contributed by atoms with Crippen molar-refractivity contribution in [3.05, 3.63) is 165 Å². The smallest absolute Gasteiger partial charge is 0.409 e. The second-order valence-corrected chi connectivity index (χ2v) is 23.0. The first-order chi connectivity index (χ1) is 44.1. The maximum absolute atomic E-state index is 13.2. The summed E-state index contributed by atoms with van der Waals surface area (Å²) in [6.45, 7) is 7.40. The summed E-state index contributed by atoms with van der Waals surface area (Å²) in [4.78, 5) is 101. The van der Waals surface area contributed by atoms with Gasteiger partial charge < -0.3 is 65.7 Å². The summed E-state index contributed by atoms with van der Waals surface area (Å²) in [7, 11) is 3.93. The minimum absolute atomic E-state index is 0.0741. The van der Waals surface area contributed by atoms with E-state index in [9.17, 15) is 62.2 Å². The van der Waals surface area contributed by atoms with E-state index in [4.69, 9.17) is 15.2 Å². The Hall–Kier alpha value is -10.2. The zero-order chi connectivity index (χ0) is 65.9. The highest BCUT2D eigenvalue weighted by Crippen LogP contribution is 2.37. The van der Waals surface area contributed by atoms with Crippen molar-refractivity contribution in [2.24, 2.45) is 35.5 Å². The van der Waals surface area contributed by atoms with Crippen molar-refractivity contribution in [2.75, 3.05) is 122 Å². The van der Waals surface area contributed by atoms with Crippen molar-refractivity contribution in [3.8, 4) is 33.4 Å². The van der Waals surface area contributed by atoms with Crippen LogP contribution in [0.5, 0.6) is 0 Å². The molecule has 6 aliphatic rings. The molecule has 484 valence electrons. The van der Waals surface area contributed by atoms with Crippen molar-refractivity contribution in [1.82, 2.24) is 29.8 Å². The molecule has 0 aromatic heterocycles. The summed E-state index contributed by atoms with van der Waals surface area (Å²) in [5.74, 6) is 0.629. The van der Waals surface area contributed by atoms with Crippen LogP contribution in [-0.2, 0) is 14.2 Å². The molecule has 6 heterocycles. The SMILES string of the molecule is COC(=O)Cl.COC(=O)N1CC2CN(C(=O)Nc3cc(-c4ccc(F)cc4)ccc3N)CC2C1.COC(=O)N1CC2CN(C(=O)Nc3cc(-c4ccc(F)cc4)ccc3[N+](=O)[O-])CC2C1.O=C(Nc1cc(-c2ccc(F)cc2)ccc1[N+](=O)[O-])N1CC2CNCC2C1. The lowest BCUT2D eigenvalue weighted by Gasteiger charge is -2.22. The number of nitrogens with two attached hydrogens (primary N) is 1. The van der Waals surface area contributed by atoms with Crippen LogP contribution in [-0.4, -0.2) is 170 Å². The molecule has 6 aromatic carbocycles. The Morgan fingerprint density at radius 2 is 0.717 bits per heavy atom. The van der Waals surface area contributed by atoms with Crippen molar-refractivity contribution in [3.63, 3.8) is 0 Å². The lowest BCUT2D eigenvalue weighted by Crippen LogP contribution is -2.37. The van der Waals surface area contributed by atoms with Crippen LogP contribution in [0.25, 0.3) is 33.4 Å². The molecular formula is C63H66ClF3N12O13. The van der Waals surface area contributed by atoms with Gasteiger partial charge in [0, 0.05) is 126 Å². The molecule has 6 fully saturated rings. The third kappa shape index (κ3) is 16.2. The first-order valence-electron chi connectivity index (χ1n) is 29.1. The van der Waals surface area contributed by atoms with E-state index in [0.717, 1.165) is 24.2 Å². The van der Waals surface area contributed by atoms with Gasteiger partial charge >= 0.3 is 35.7 Å². The number of urea groups is 3. The number of nitrogen functional groups attached to an aromatic ring is 1. The Bertz CT molecular complexity index is 3690. The van der Waals surface area contributed by atoms with Gasteiger partial charge in [0.15, 0.2) is 0 Å². The lowest BCUT2D eigenvalue weighted by atomic mass is 10.0. The number of fused-ring (bicyclic) bond motifs is 3. The summed E-state index contributed by atoms with van der Waals surface area (Å²) >= 11 is 4.60. The summed E-state index contributed by atoms with van der Waals surface area (Å²) in [5.41, 5.74) is 10.4. The number of rotatable bonds is 8. The number of ether oxygens (including phenoxy) is 3. The number of hydrogen-bond donors (Lipinski definition) is 5. The van der Waals surface area contributed by atoms with Crippen molar-refractivity contribution < 1.29 is 66.0 Å². The molecule has 29 heteroatoms. The van der Waals surface area contributed by atoms with E-state index in [2.05, 4.69) is 37.6 Å². The molecule has 0 saturated carbocycles. The van der Waals surface area contributed by atoms with Crippen LogP contribution in [0.15, 0.2) is 127 Å². The van der Waals surface area contributed by atoms with Crippen LogP contribution in [0.3, 0.4) is 0 Å². The van der Waals surface area contributed by atoms with Crippen LogP contribution in [0, 0.1) is 73.2 Å². The van der Waals surface area contributed by atoms with Gasteiger partial charge in [-0.2, -0.15) is 0 Å². The molecule has 6 unspecified atom stereocenters. The Kier molecular flexibility index (Phi) is 21.3.